The lowest BCUT2D eigenvalue weighted by atomic mass is 10.2. The van der Waals surface area contributed by atoms with Gasteiger partial charge in [0.25, 0.3) is 0 Å². The SMILES string of the molecule is CCCOC(=O)c1cc(Cl)c2ccccc2n1. The van der Waals surface area contributed by atoms with Gasteiger partial charge in [-0.2, -0.15) is 0 Å². The van der Waals surface area contributed by atoms with Crippen molar-refractivity contribution >= 4 is 28.5 Å². The zero-order valence-corrected chi connectivity index (χ0v) is 10.2. The van der Waals surface area contributed by atoms with Crippen molar-refractivity contribution in [3.8, 4) is 0 Å². The van der Waals surface area contributed by atoms with Crippen molar-refractivity contribution in [3.05, 3.63) is 41.0 Å². The number of carbonyl (C=O) groups is 1. The molecule has 2 rings (SSSR count). The minimum Gasteiger partial charge on any atom is -0.461 e. The van der Waals surface area contributed by atoms with E-state index in [4.69, 9.17) is 16.3 Å². The number of carbonyl (C=O) groups excluding carboxylic acids is 1. The lowest BCUT2D eigenvalue weighted by molar-refractivity contribution is 0.0498. The molecule has 1 aromatic heterocycles. The van der Waals surface area contributed by atoms with Gasteiger partial charge in [-0.25, -0.2) is 9.78 Å². The second-order valence-electron chi connectivity index (χ2n) is 3.64. The molecule has 88 valence electrons. The molecule has 0 aliphatic rings. The van der Waals surface area contributed by atoms with Crippen LogP contribution < -0.4 is 0 Å². The van der Waals surface area contributed by atoms with Crippen LogP contribution in [0.4, 0.5) is 0 Å². The number of aromatic nitrogens is 1. The van der Waals surface area contributed by atoms with E-state index in [1.165, 1.54) is 0 Å². The first-order valence-corrected chi connectivity index (χ1v) is 5.82. The highest BCUT2D eigenvalue weighted by molar-refractivity contribution is 6.35. The number of pyridine rings is 1. The fraction of sp³-hybridized carbons (Fsp3) is 0.231. The second-order valence-corrected chi connectivity index (χ2v) is 4.05. The molecule has 0 saturated carbocycles. The zero-order chi connectivity index (χ0) is 12.3. The molecule has 0 aliphatic heterocycles. The van der Waals surface area contributed by atoms with Crippen LogP contribution >= 0.6 is 11.6 Å². The Morgan fingerprint density at radius 2 is 2.18 bits per heavy atom. The zero-order valence-electron chi connectivity index (χ0n) is 9.44. The summed E-state index contributed by atoms with van der Waals surface area (Å²) in [5, 5.41) is 1.35. The summed E-state index contributed by atoms with van der Waals surface area (Å²) in [5.74, 6) is -0.431. The summed E-state index contributed by atoms with van der Waals surface area (Å²) in [6.07, 6.45) is 0.785. The van der Waals surface area contributed by atoms with Gasteiger partial charge in [-0.05, 0) is 18.6 Å². The van der Waals surface area contributed by atoms with Crippen LogP contribution in [0.15, 0.2) is 30.3 Å². The molecular formula is C13H12ClNO2. The fourth-order valence-corrected chi connectivity index (χ4v) is 1.77. The van der Waals surface area contributed by atoms with E-state index in [0.29, 0.717) is 17.1 Å². The van der Waals surface area contributed by atoms with E-state index in [-0.39, 0.29) is 5.69 Å². The van der Waals surface area contributed by atoms with E-state index in [9.17, 15) is 4.79 Å². The Balaban J connectivity index is 2.39. The predicted octanol–water partition coefficient (Wildman–Crippen LogP) is 3.46. The van der Waals surface area contributed by atoms with Gasteiger partial charge < -0.3 is 4.74 Å². The topological polar surface area (TPSA) is 39.2 Å². The van der Waals surface area contributed by atoms with Gasteiger partial charge in [0.15, 0.2) is 5.69 Å². The maximum atomic E-state index is 11.7. The maximum Gasteiger partial charge on any atom is 0.356 e. The normalized spacial score (nSPS) is 10.5. The average Bonchev–Trinajstić information content (AvgIpc) is 2.36. The van der Waals surface area contributed by atoms with Crippen molar-refractivity contribution in [3.63, 3.8) is 0 Å². The molecule has 0 saturated heterocycles. The minimum absolute atomic E-state index is 0.252. The Morgan fingerprint density at radius 1 is 1.41 bits per heavy atom. The number of esters is 1. The highest BCUT2D eigenvalue weighted by Gasteiger charge is 2.11. The van der Waals surface area contributed by atoms with Crippen molar-refractivity contribution in [2.24, 2.45) is 0 Å². The third-order valence-electron chi connectivity index (χ3n) is 2.31. The highest BCUT2D eigenvalue weighted by atomic mass is 35.5. The molecule has 17 heavy (non-hydrogen) atoms. The summed E-state index contributed by atoms with van der Waals surface area (Å²) in [6.45, 7) is 2.33. The third-order valence-corrected chi connectivity index (χ3v) is 2.62. The Kier molecular flexibility index (Phi) is 3.59. The number of hydrogen-bond acceptors (Lipinski definition) is 3. The van der Waals surface area contributed by atoms with Gasteiger partial charge in [-0.1, -0.05) is 36.7 Å². The molecule has 0 bridgehead atoms. The first-order chi connectivity index (χ1) is 8.22. The number of benzene rings is 1. The van der Waals surface area contributed by atoms with Crippen LogP contribution in [0.25, 0.3) is 10.9 Å². The third kappa shape index (κ3) is 2.56. The van der Waals surface area contributed by atoms with Gasteiger partial charge in [-0.3, -0.25) is 0 Å². The van der Waals surface area contributed by atoms with Crippen molar-refractivity contribution in [1.29, 1.82) is 0 Å². The van der Waals surface area contributed by atoms with Gasteiger partial charge in [0, 0.05) is 5.39 Å². The number of fused-ring (bicyclic) bond motifs is 1. The van der Waals surface area contributed by atoms with Crippen molar-refractivity contribution in [1.82, 2.24) is 4.98 Å². The van der Waals surface area contributed by atoms with Crippen LogP contribution in [0.1, 0.15) is 23.8 Å². The molecule has 0 spiro atoms. The molecule has 3 nitrogen and oxygen atoms in total. The number of nitrogens with zero attached hydrogens (tertiary/aromatic N) is 1. The number of para-hydroxylation sites is 1. The highest BCUT2D eigenvalue weighted by Crippen LogP contribution is 2.22. The van der Waals surface area contributed by atoms with Crippen LogP contribution in [0.5, 0.6) is 0 Å². The lowest BCUT2D eigenvalue weighted by Crippen LogP contribution is -2.08. The fourth-order valence-electron chi connectivity index (χ4n) is 1.51. The molecule has 0 N–H and O–H groups in total. The first kappa shape index (κ1) is 11.9. The molecule has 0 amide bonds. The molecule has 0 aliphatic carbocycles. The summed E-state index contributed by atoms with van der Waals surface area (Å²) in [4.78, 5) is 15.9. The van der Waals surface area contributed by atoms with Crippen molar-refractivity contribution < 1.29 is 9.53 Å². The maximum absolute atomic E-state index is 11.7. The predicted molar refractivity (Wildman–Crippen MR) is 67.3 cm³/mol. The van der Waals surface area contributed by atoms with Crippen LogP contribution in [-0.4, -0.2) is 17.6 Å². The number of ether oxygens (including phenoxy) is 1. The van der Waals surface area contributed by atoms with Gasteiger partial charge >= 0.3 is 5.97 Å². The molecule has 0 atom stereocenters. The number of rotatable bonds is 3. The van der Waals surface area contributed by atoms with Gasteiger partial charge in [-0.15, -0.1) is 0 Å². The number of halogens is 1. The molecule has 0 fully saturated rings. The largest absolute Gasteiger partial charge is 0.461 e. The summed E-state index contributed by atoms with van der Waals surface area (Å²) in [7, 11) is 0. The second kappa shape index (κ2) is 5.15. The van der Waals surface area contributed by atoms with Gasteiger partial charge in [0.1, 0.15) is 0 Å². The minimum atomic E-state index is -0.431. The van der Waals surface area contributed by atoms with Crippen molar-refractivity contribution in [2.45, 2.75) is 13.3 Å². The molecule has 1 aromatic carbocycles. The summed E-state index contributed by atoms with van der Waals surface area (Å²) in [5.41, 5.74) is 0.950. The van der Waals surface area contributed by atoms with Crippen molar-refractivity contribution in [2.75, 3.05) is 6.61 Å². The molecule has 1 heterocycles. The van der Waals surface area contributed by atoms with Crippen LogP contribution in [-0.2, 0) is 4.74 Å². The average molecular weight is 250 g/mol. The molecule has 4 heteroatoms. The van der Waals surface area contributed by atoms with Crippen LogP contribution in [0.3, 0.4) is 0 Å². The molecule has 0 radical (unpaired) electrons. The smallest absolute Gasteiger partial charge is 0.356 e. The van der Waals surface area contributed by atoms with E-state index < -0.39 is 5.97 Å². The summed E-state index contributed by atoms with van der Waals surface area (Å²) < 4.78 is 5.02. The standard InChI is InChI=1S/C13H12ClNO2/c1-2-7-17-13(16)12-8-10(14)9-5-3-4-6-11(9)15-12/h3-6,8H,2,7H2,1H3. The van der Waals surface area contributed by atoms with E-state index in [2.05, 4.69) is 4.98 Å². The summed E-state index contributed by atoms with van der Waals surface area (Å²) in [6, 6.07) is 8.96. The van der Waals surface area contributed by atoms with Gasteiger partial charge in [0.05, 0.1) is 17.1 Å². The molecule has 0 unspecified atom stereocenters. The Bertz CT molecular complexity index is 554. The Hall–Kier alpha value is -1.61. The van der Waals surface area contributed by atoms with E-state index >= 15 is 0 Å². The van der Waals surface area contributed by atoms with Crippen LogP contribution in [0.2, 0.25) is 5.02 Å². The van der Waals surface area contributed by atoms with E-state index in [1.54, 1.807) is 6.07 Å². The molecular weight excluding hydrogens is 238 g/mol. The first-order valence-electron chi connectivity index (χ1n) is 5.44. The Morgan fingerprint density at radius 3 is 2.94 bits per heavy atom. The molecule has 2 aromatic rings. The summed E-state index contributed by atoms with van der Waals surface area (Å²) >= 11 is 6.09. The van der Waals surface area contributed by atoms with E-state index in [1.807, 2.05) is 31.2 Å². The van der Waals surface area contributed by atoms with Gasteiger partial charge in [0.2, 0.25) is 0 Å². The number of hydrogen-bond donors (Lipinski definition) is 0. The lowest BCUT2D eigenvalue weighted by Gasteiger charge is -2.05. The Labute approximate surface area is 104 Å². The monoisotopic (exact) mass is 249 g/mol. The quantitative estimate of drug-likeness (QED) is 0.782. The van der Waals surface area contributed by atoms with Crippen LogP contribution in [0, 0.1) is 0 Å². The van der Waals surface area contributed by atoms with E-state index in [0.717, 1.165) is 11.8 Å².